The molecule has 2 aliphatic rings. The molecule has 3 heteroatoms. The first-order valence-electron chi connectivity index (χ1n) is 11.6. The molecule has 2 aliphatic heterocycles. The minimum absolute atomic E-state index is 0.118. The molecule has 6 rings (SSSR count). The maximum absolute atomic E-state index is 6.93. The van der Waals surface area contributed by atoms with E-state index in [1.54, 1.807) is 0 Å². The van der Waals surface area contributed by atoms with E-state index in [0.29, 0.717) is 0 Å². The molecule has 0 radical (unpaired) electrons. The van der Waals surface area contributed by atoms with Gasteiger partial charge >= 0.3 is 0 Å². The molecule has 0 saturated heterocycles. The van der Waals surface area contributed by atoms with Crippen LogP contribution >= 0.6 is 0 Å². The van der Waals surface area contributed by atoms with Crippen LogP contribution in [-0.2, 0) is 17.6 Å². The highest BCUT2D eigenvalue weighted by atomic mass is 16.6. The standard InChI is InChI=1S/C30H26O3/c1-3-11-21(12-4-1)29-27(19-23-15-7-9-17-25(23)32-29)31-28-20-24-16-8-10-18-26(24)33-30(28)22-13-5-2-6-14-22/h1-18,27-30H,19-20H2. The van der Waals surface area contributed by atoms with E-state index in [0.717, 1.165) is 35.5 Å². The predicted molar refractivity (Wildman–Crippen MR) is 129 cm³/mol. The van der Waals surface area contributed by atoms with Crippen molar-refractivity contribution in [1.29, 1.82) is 0 Å². The van der Waals surface area contributed by atoms with Crippen LogP contribution in [0.4, 0.5) is 0 Å². The number of hydrogen-bond acceptors (Lipinski definition) is 3. The molecule has 33 heavy (non-hydrogen) atoms. The molecule has 0 aromatic heterocycles. The zero-order chi connectivity index (χ0) is 22.0. The number of hydrogen-bond donors (Lipinski definition) is 0. The normalized spacial score (nSPS) is 23.5. The van der Waals surface area contributed by atoms with E-state index in [1.165, 1.54) is 11.1 Å². The van der Waals surface area contributed by atoms with E-state index in [9.17, 15) is 0 Å². The van der Waals surface area contributed by atoms with Crippen molar-refractivity contribution in [2.75, 3.05) is 0 Å². The van der Waals surface area contributed by atoms with E-state index in [4.69, 9.17) is 14.2 Å². The van der Waals surface area contributed by atoms with E-state index in [-0.39, 0.29) is 24.4 Å². The molecular formula is C30H26O3. The van der Waals surface area contributed by atoms with Gasteiger partial charge in [0.15, 0.2) is 12.2 Å². The minimum atomic E-state index is -0.172. The van der Waals surface area contributed by atoms with Gasteiger partial charge in [-0.25, -0.2) is 0 Å². The second kappa shape index (κ2) is 8.76. The van der Waals surface area contributed by atoms with E-state index in [1.807, 2.05) is 36.4 Å². The van der Waals surface area contributed by atoms with Crippen molar-refractivity contribution < 1.29 is 14.2 Å². The molecule has 4 unspecified atom stereocenters. The van der Waals surface area contributed by atoms with Gasteiger partial charge in [0.2, 0.25) is 0 Å². The smallest absolute Gasteiger partial charge is 0.150 e. The molecule has 4 atom stereocenters. The molecule has 4 aromatic rings. The van der Waals surface area contributed by atoms with Gasteiger partial charge in [0.05, 0.1) is 0 Å². The highest BCUT2D eigenvalue weighted by Crippen LogP contribution is 2.41. The molecule has 164 valence electrons. The Hall–Kier alpha value is -3.56. The van der Waals surface area contributed by atoms with Crippen LogP contribution in [0.25, 0.3) is 0 Å². The van der Waals surface area contributed by atoms with Crippen molar-refractivity contribution in [3.05, 3.63) is 131 Å². The van der Waals surface area contributed by atoms with Crippen molar-refractivity contribution in [3.63, 3.8) is 0 Å². The Balaban J connectivity index is 1.36. The van der Waals surface area contributed by atoms with Gasteiger partial charge < -0.3 is 14.2 Å². The molecule has 0 bridgehead atoms. The fourth-order valence-electron chi connectivity index (χ4n) is 4.96. The lowest BCUT2D eigenvalue weighted by atomic mass is 9.92. The van der Waals surface area contributed by atoms with Crippen LogP contribution in [0.2, 0.25) is 0 Å². The largest absolute Gasteiger partial charge is 0.483 e. The SMILES string of the molecule is c1ccc(C2Oc3ccccc3CC2OC2Cc3ccccc3OC2c2ccccc2)cc1. The summed E-state index contributed by atoms with van der Waals surface area (Å²) in [5.74, 6) is 1.88. The summed E-state index contributed by atoms with van der Waals surface area (Å²) < 4.78 is 20.0. The lowest BCUT2D eigenvalue weighted by molar-refractivity contribution is -0.117. The van der Waals surface area contributed by atoms with Crippen LogP contribution in [0.1, 0.15) is 34.5 Å². The minimum Gasteiger partial charge on any atom is -0.483 e. The van der Waals surface area contributed by atoms with Crippen LogP contribution < -0.4 is 9.47 Å². The van der Waals surface area contributed by atoms with Gasteiger partial charge in [0, 0.05) is 12.8 Å². The quantitative estimate of drug-likeness (QED) is 0.367. The average molecular weight is 435 g/mol. The number of para-hydroxylation sites is 2. The number of fused-ring (bicyclic) bond motifs is 2. The zero-order valence-electron chi connectivity index (χ0n) is 18.3. The Morgan fingerprint density at radius 2 is 0.879 bits per heavy atom. The van der Waals surface area contributed by atoms with Crippen molar-refractivity contribution in [2.45, 2.75) is 37.3 Å². The highest BCUT2D eigenvalue weighted by molar-refractivity contribution is 5.39. The monoisotopic (exact) mass is 434 g/mol. The van der Waals surface area contributed by atoms with Gasteiger partial charge in [0.25, 0.3) is 0 Å². The fraction of sp³-hybridized carbons (Fsp3) is 0.200. The number of benzene rings is 4. The van der Waals surface area contributed by atoms with Gasteiger partial charge in [-0.3, -0.25) is 0 Å². The third kappa shape index (κ3) is 4.01. The van der Waals surface area contributed by atoms with Gasteiger partial charge in [-0.2, -0.15) is 0 Å². The second-order valence-corrected chi connectivity index (χ2v) is 8.73. The summed E-state index contributed by atoms with van der Waals surface area (Å²) >= 11 is 0. The summed E-state index contributed by atoms with van der Waals surface area (Å²) in [6, 6.07) is 37.3. The van der Waals surface area contributed by atoms with Gasteiger partial charge in [-0.15, -0.1) is 0 Å². The summed E-state index contributed by atoms with van der Waals surface area (Å²) in [6.07, 6.45) is 1.02. The molecule has 0 spiro atoms. The molecular weight excluding hydrogens is 408 g/mol. The van der Waals surface area contributed by atoms with Crippen molar-refractivity contribution in [3.8, 4) is 11.5 Å². The Morgan fingerprint density at radius 1 is 0.485 bits per heavy atom. The zero-order valence-corrected chi connectivity index (χ0v) is 18.3. The molecule has 0 saturated carbocycles. The molecule has 4 aromatic carbocycles. The fourth-order valence-corrected chi connectivity index (χ4v) is 4.96. The van der Waals surface area contributed by atoms with Gasteiger partial charge in [-0.1, -0.05) is 97.1 Å². The third-order valence-corrected chi connectivity index (χ3v) is 6.58. The van der Waals surface area contributed by atoms with E-state index in [2.05, 4.69) is 72.8 Å². The Kier molecular flexibility index (Phi) is 5.33. The van der Waals surface area contributed by atoms with Crippen LogP contribution in [0.5, 0.6) is 11.5 Å². The summed E-state index contributed by atoms with van der Waals surface area (Å²) in [5.41, 5.74) is 4.63. The van der Waals surface area contributed by atoms with Crippen molar-refractivity contribution in [2.24, 2.45) is 0 Å². The Morgan fingerprint density at radius 3 is 1.33 bits per heavy atom. The average Bonchev–Trinajstić information content (AvgIpc) is 2.89. The molecule has 0 amide bonds. The van der Waals surface area contributed by atoms with Crippen molar-refractivity contribution >= 4 is 0 Å². The first-order chi connectivity index (χ1) is 16.3. The lowest BCUT2D eigenvalue weighted by Crippen LogP contribution is -2.41. The van der Waals surface area contributed by atoms with Crippen molar-refractivity contribution in [1.82, 2.24) is 0 Å². The topological polar surface area (TPSA) is 27.7 Å². The second-order valence-electron chi connectivity index (χ2n) is 8.73. The van der Waals surface area contributed by atoms with E-state index >= 15 is 0 Å². The summed E-state index contributed by atoms with van der Waals surface area (Å²) in [4.78, 5) is 0. The maximum atomic E-state index is 6.93. The Bertz CT molecular complexity index is 1120. The summed E-state index contributed by atoms with van der Waals surface area (Å²) in [6.45, 7) is 0. The molecule has 0 aliphatic carbocycles. The maximum Gasteiger partial charge on any atom is 0.150 e. The molecule has 3 nitrogen and oxygen atoms in total. The molecule has 2 heterocycles. The van der Waals surface area contributed by atoms with Gasteiger partial charge in [-0.05, 0) is 34.4 Å². The number of rotatable bonds is 4. The van der Waals surface area contributed by atoms with Crippen LogP contribution in [-0.4, -0.2) is 12.2 Å². The molecule has 0 N–H and O–H groups in total. The third-order valence-electron chi connectivity index (χ3n) is 6.58. The van der Waals surface area contributed by atoms with Crippen LogP contribution in [0.15, 0.2) is 109 Å². The van der Waals surface area contributed by atoms with Crippen LogP contribution in [0, 0.1) is 0 Å². The first-order valence-corrected chi connectivity index (χ1v) is 11.6. The predicted octanol–water partition coefficient (Wildman–Crippen LogP) is 6.49. The molecule has 0 fully saturated rings. The van der Waals surface area contributed by atoms with Crippen LogP contribution in [0.3, 0.4) is 0 Å². The number of ether oxygens (including phenoxy) is 3. The Labute approximate surface area is 194 Å². The van der Waals surface area contributed by atoms with Gasteiger partial charge in [0.1, 0.15) is 23.7 Å². The van der Waals surface area contributed by atoms with E-state index < -0.39 is 0 Å². The highest BCUT2D eigenvalue weighted by Gasteiger charge is 2.39. The summed E-state index contributed by atoms with van der Waals surface area (Å²) in [5, 5.41) is 0. The summed E-state index contributed by atoms with van der Waals surface area (Å²) in [7, 11) is 0. The lowest BCUT2D eigenvalue weighted by Gasteiger charge is -2.40. The first kappa shape index (κ1) is 20.1.